The van der Waals surface area contributed by atoms with Crippen molar-refractivity contribution >= 4 is 79.7 Å². The summed E-state index contributed by atoms with van der Waals surface area (Å²) in [6.45, 7) is -0.300. The Morgan fingerprint density at radius 3 is 2.58 bits per heavy atom. The molecule has 0 spiro atoms. The minimum atomic E-state index is -0.630. The van der Waals surface area contributed by atoms with E-state index in [0.29, 0.717) is 32.6 Å². The fourth-order valence-corrected chi connectivity index (χ4v) is 5.28. The Morgan fingerprint density at radius 1 is 1.08 bits per heavy atom. The van der Waals surface area contributed by atoms with Crippen LogP contribution in [-0.4, -0.2) is 28.5 Å². The monoisotopic (exact) mass is 608 g/mol. The fourth-order valence-electron chi connectivity index (χ4n) is 3.26. The Kier molecular flexibility index (Phi) is 8.35. The molecule has 3 aromatic rings. The summed E-state index contributed by atoms with van der Waals surface area (Å²) >= 11 is 16.7. The van der Waals surface area contributed by atoms with Crippen LogP contribution in [0.15, 0.2) is 70.0 Å². The van der Waals surface area contributed by atoms with Crippen molar-refractivity contribution in [3.05, 3.63) is 97.0 Å². The van der Waals surface area contributed by atoms with Crippen LogP contribution in [0.2, 0.25) is 10.0 Å². The Morgan fingerprint density at radius 2 is 1.86 bits per heavy atom. The maximum atomic E-state index is 13.3. The minimum Gasteiger partial charge on any atom is -0.486 e. The standard InChI is InChI=1S/C25H16BrCl2FN2O4S/c26-18-8-14(9-20(28)23(18)35-13-15-4-1-2-7-19(15)27)10-21-24(33)31(25(34)36-21)12-22(32)30-17-6-3-5-16(29)11-17/h1-11H,12-13H2,(H,30,32)/b21-10+. The van der Waals surface area contributed by atoms with Crippen molar-refractivity contribution in [3.63, 3.8) is 0 Å². The number of halogens is 4. The summed E-state index contributed by atoms with van der Waals surface area (Å²) in [6.07, 6.45) is 1.50. The molecule has 0 aliphatic carbocycles. The van der Waals surface area contributed by atoms with Crippen molar-refractivity contribution in [2.75, 3.05) is 11.9 Å². The quantitative estimate of drug-likeness (QED) is 0.288. The van der Waals surface area contributed by atoms with Gasteiger partial charge in [-0.2, -0.15) is 0 Å². The molecule has 0 radical (unpaired) electrons. The molecule has 184 valence electrons. The molecule has 1 N–H and O–H groups in total. The van der Waals surface area contributed by atoms with Gasteiger partial charge in [0.2, 0.25) is 5.91 Å². The highest BCUT2D eigenvalue weighted by atomic mass is 79.9. The fraction of sp³-hybridized carbons (Fsp3) is 0.0800. The number of imide groups is 1. The van der Waals surface area contributed by atoms with Gasteiger partial charge in [0.25, 0.3) is 11.1 Å². The third-order valence-corrected chi connectivity index (χ3v) is 7.08. The number of nitrogens with zero attached hydrogens (tertiary/aromatic N) is 1. The van der Waals surface area contributed by atoms with Crippen LogP contribution in [0.1, 0.15) is 11.1 Å². The molecule has 3 amide bonds. The van der Waals surface area contributed by atoms with Crippen molar-refractivity contribution in [2.45, 2.75) is 6.61 Å². The number of hydrogen-bond acceptors (Lipinski definition) is 5. The van der Waals surface area contributed by atoms with Gasteiger partial charge in [-0.1, -0.05) is 47.5 Å². The van der Waals surface area contributed by atoms with Gasteiger partial charge in [0, 0.05) is 16.3 Å². The van der Waals surface area contributed by atoms with Crippen molar-refractivity contribution in [2.24, 2.45) is 0 Å². The number of nitrogens with one attached hydrogen (secondary N) is 1. The Hall–Kier alpha value is -2.85. The summed E-state index contributed by atoms with van der Waals surface area (Å²) in [5.74, 6) is -1.37. The van der Waals surface area contributed by atoms with Crippen LogP contribution in [0.25, 0.3) is 6.08 Å². The van der Waals surface area contributed by atoms with Gasteiger partial charge >= 0.3 is 0 Å². The summed E-state index contributed by atoms with van der Waals surface area (Å²) in [6, 6.07) is 15.9. The number of rotatable bonds is 7. The molecule has 3 aromatic carbocycles. The number of benzene rings is 3. The summed E-state index contributed by atoms with van der Waals surface area (Å²) in [5, 5.41) is 2.73. The van der Waals surface area contributed by atoms with E-state index in [9.17, 15) is 18.8 Å². The van der Waals surface area contributed by atoms with Crippen LogP contribution >= 0.6 is 50.9 Å². The Labute approximate surface area is 228 Å². The summed E-state index contributed by atoms with van der Waals surface area (Å²) in [7, 11) is 0. The van der Waals surface area contributed by atoms with Gasteiger partial charge in [-0.3, -0.25) is 19.3 Å². The van der Waals surface area contributed by atoms with E-state index in [-0.39, 0.29) is 22.2 Å². The van der Waals surface area contributed by atoms with Gasteiger partial charge in [0.05, 0.1) is 14.4 Å². The van der Waals surface area contributed by atoms with Gasteiger partial charge < -0.3 is 10.1 Å². The zero-order valence-electron chi connectivity index (χ0n) is 18.3. The molecule has 4 rings (SSSR count). The van der Waals surface area contributed by atoms with E-state index >= 15 is 0 Å². The summed E-state index contributed by atoms with van der Waals surface area (Å²) in [5.41, 5.74) is 1.56. The number of amides is 3. The molecule has 0 unspecified atom stereocenters. The summed E-state index contributed by atoms with van der Waals surface area (Å²) < 4.78 is 19.7. The van der Waals surface area contributed by atoms with Crippen LogP contribution in [0.4, 0.5) is 14.9 Å². The second-order valence-corrected chi connectivity index (χ2v) is 10.2. The Balaban J connectivity index is 1.44. The number of thioether (sulfide) groups is 1. The molecule has 0 bridgehead atoms. The van der Waals surface area contributed by atoms with E-state index in [2.05, 4.69) is 21.2 Å². The normalized spacial score (nSPS) is 14.4. The highest BCUT2D eigenvalue weighted by molar-refractivity contribution is 9.10. The molecule has 6 nitrogen and oxygen atoms in total. The van der Waals surface area contributed by atoms with E-state index in [1.807, 2.05) is 18.2 Å². The van der Waals surface area contributed by atoms with Gasteiger partial charge in [-0.15, -0.1) is 0 Å². The van der Waals surface area contributed by atoms with E-state index < -0.39 is 29.4 Å². The molecular weight excluding hydrogens is 594 g/mol. The smallest absolute Gasteiger partial charge is 0.294 e. The molecule has 36 heavy (non-hydrogen) atoms. The van der Waals surface area contributed by atoms with Gasteiger partial charge in [-0.05, 0) is 75.7 Å². The molecular formula is C25H16BrCl2FN2O4S. The van der Waals surface area contributed by atoms with E-state index in [0.717, 1.165) is 16.5 Å². The lowest BCUT2D eigenvalue weighted by Crippen LogP contribution is -2.36. The zero-order chi connectivity index (χ0) is 25.8. The number of carbonyl (C=O) groups excluding carboxylic acids is 3. The molecule has 0 atom stereocenters. The SMILES string of the molecule is O=C(CN1C(=O)S/C(=C/c2cc(Cl)c(OCc3ccccc3Cl)c(Br)c2)C1=O)Nc1cccc(F)c1. The molecule has 1 heterocycles. The molecule has 1 aliphatic heterocycles. The molecule has 1 aliphatic rings. The molecule has 11 heteroatoms. The lowest BCUT2D eigenvalue weighted by molar-refractivity contribution is -0.127. The minimum absolute atomic E-state index is 0.131. The van der Waals surface area contributed by atoms with Crippen molar-refractivity contribution in [1.29, 1.82) is 0 Å². The highest BCUT2D eigenvalue weighted by Gasteiger charge is 2.36. The van der Waals surface area contributed by atoms with E-state index in [4.69, 9.17) is 27.9 Å². The lowest BCUT2D eigenvalue weighted by Gasteiger charge is -2.13. The van der Waals surface area contributed by atoms with E-state index in [1.54, 1.807) is 18.2 Å². The van der Waals surface area contributed by atoms with Crippen LogP contribution in [0.5, 0.6) is 5.75 Å². The van der Waals surface area contributed by atoms with Crippen molar-refractivity contribution < 1.29 is 23.5 Å². The topological polar surface area (TPSA) is 75.7 Å². The second kappa shape index (κ2) is 11.5. The van der Waals surface area contributed by atoms with Crippen LogP contribution in [0, 0.1) is 5.82 Å². The first-order chi connectivity index (χ1) is 17.2. The number of hydrogen-bond donors (Lipinski definition) is 1. The first kappa shape index (κ1) is 26.2. The lowest BCUT2D eigenvalue weighted by atomic mass is 10.2. The summed E-state index contributed by atoms with van der Waals surface area (Å²) in [4.78, 5) is 38.4. The average Bonchev–Trinajstić information content (AvgIpc) is 3.07. The number of carbonyl (C=O) groups is 3. The van der Waals surface area contributed by atoms with Gasteiger partial charge in [-0.25, -0.2) is 4.39 Å². The number of anilines is 1. The van der Waals surface area contributed by atoms with E-state index in [1.165, 1.54) is 24.3 Å². The second-order valence-electron chi connectivity index (χ2n) is 7.52. The predicted molar refractivity (Wildman–Crippen MR) is 143 cm³/mol. The van der Waals surface area contributed by atoms with Crippen molar-refractivity contribution in [1.82, 2.24) is 4.90 Å². The van der Waals surface area contributed by atoms with Crippen LogP contribution < -0.4 is 10.1 Å². The van der Waals surface area contributed by atoms with Crippen LogP contribution in [0.3, 0.4) is 0 Å². The molecule has 1 saturated heterocycles. The Bertz CT molecular complexity index is 1380. The zero-order valence-corrected chi connectivity index (χ0v) is 22.2. The largest absolute Gasteiger partial charge is 0.486 e. The van der Waals surface area contributed by atoms with Gasteiger partial charge in [0.15, 0.2) is 5.75 Å². The third kappa shape index (κ3) is 6.28. The maximum absolute atomic E-state index is 13.3. The van der Waals surface area contributed by atoms with Crippen molar-refractivity contribution in [3.8, 4) is 5.75 Å². The first-order valence-electron chi connectivity index (χ1n) is 10.4. The molecule has 1 fully saturated rings. The molecule has 0 aromatic heterocycles. The molecule has 0 saturated carbocycles. The first-order valence-corrected chi connectivity index (χ1v) is 12.7. The maximum Gasteiger partial charge on any atom is 0.294 e. The van der Waals surface area contributed by atoms with Crippen LogP contribution in [-0.2, 0) is 16.2 Å². The average molecular weight is 610 g/mol. The van der Waals surface area contributed by atoms with Gasteiger partial charge in [0.1, 0.15) is 19.0 Å². The highest BCUT2D eigenvalue weighted by Crippen LogP contribution is 2.38. The third-order valence-electron chi connectivity index (χ3n) is 4.93. The predicted octanol–water partition coefficient (Wildman–Crippen LogP) is 7.15. The number of ether oxygens (including phenoxy) is 1.